The van der Waals surface area contributed by atoms with E-state index in [1.165, 1.54) is 19.3 Å². The normalized spacial score (nSPS) is 21.8. The van der Waals surface area contributed by atoms with Crippen molar-refractivity contribution in [2.24, 2.45) is 17.8 Å². The van der Waals surface area contributed by atoms with E-state index in [9.17, 15) is 0 Å². The quantitative estimate of drug-likeness (QED) is 0.532. The second kappa shape index (κ2) is 7.09. The zero-order chi connectivity index (χ0) is 12.0. The van der Waals surface area contributed by atoms with Gasteiger partial charge in [-0.05, 0) is 37.0 Å². The van der Waals surface area contributed by atoms with Crippen LogP contribution in [0.5, 0.6) is 0 Å². The largest absolute Gasteiger partial charge is 0.0683 e. The molecular formula is C15H30. The highest BCUT2D eigenvalue weighted by Crippen LogP contribution is 2.37. The topological polar surface area (TPSA) is 0 Å². The molecule has 0 nitrogen and oxygen atoms in total. The van der Waals surface area contributed by atoms with Gasteiger partial charge in [0.15, 0.2) is 0 Å². The number of hydrogen-bond acceptors (Lipinski definition) is 0. The Bertz CT molecular complexity index is 196. The van der Waals surface area contributed by atoms with Gasteiger partial charge in [-0.2, -0.15) is 0 Å². The summed E-state index contributed by atoms with van der Waals surface area (Å²) in [6.45, 7) is 15.8. The summed E-state index contributed by atoms with van der Waals surface area (Å²) in [5.74, 6) is 2.36. The Morgan fingerprint density at radius 3 is 1.87 bits per heavy atom. The third-order valence-electron chi connectivity index (χ3n) is 3.30. The van der Waals surface area contributed by atoms with Crippen LogP contribution in [0.15, 0.2) is 11.1 Å². The second-order valence-corrected chi connectivity index (χ2v) is 5.08. The molecule has 0 aromatic rings. The van der Waals surface area contributed by atoms with Crippen LogP contribution in [0.2, 0.25) is 0 Å². The van der Waals surface area contributed by atoms with Crippen LogP contribution >= 0.6 is 0 Å². The zero-order valence-corrected chi connectivity index (χ0v) is 11.9. The molecule has 0 heterocycles. The van der Waals surface area contributed by atoms with Crippen LogP contribution in [-0.2, 0) is 0 Å². The Morgan fingerprint density at radius 1 is 1.00 bits per heavy atom. The van der Waals surface area contributed by atoms with Gasteiger partial charge < -0.3 is 0 Å². The van der Waals surface area contributed by atoms with E-state index in [2.05, 4.69) is 34.6 Å². The minimum Gasteiger partial charge on any atom is -0.0683 e. The molecule has 0 spiro atoms. The first-order valence-electron chi connectivity index (χ1n) is 6.76. The molecule has 1 aliphatic rings. The Kier molecular flexibility index (Phi) is 6.96. The Balaban J connectivity index is 0.000000921. The summed E-state index contributed by atoms with van der Waals surface area (Å²) >= 11 is 0. The molecule has 0 saturated carbocycles. The fourth-order valence-electron chi connectivity index (χ4n) is 2.78. The van der Waals surface area contributed by atoms with Crippen LogP contribution < -0.4 is 0 Å². The summed E-state index contributed by atoms with van der Waals surface area (Å²) in [6.07, 6.45) is 4.17. The van der Waals surface area contributed by atoms with E-state index in [1.54, 1.807) is 11.1 Å². The van der Waals surface area contributed by atoms with Crippen molar-refractivity contribution in [3.8, 4) is 0 Å². The van der Waals surface area contributed by atoms with Crippen molar-refractivity contribution in [2.75, 3.05) is 0 Å². The summed E-state index contributed by atoms with van der Waals surface area (Å²) < 4.78 is 0. The van der Waals surface area contributed by atoms with E-state index in [1.807, 2.05) is 13.8 Å². The summed E-state index contributed by atoms with van der Waals surface area (Å²) in [4.78, 5) is 0. The first-order chi connectivity index (χ1) is 7.04. The average molecular weight is 210 g/mol. The van der Waals surface area contributed by atoms with Crippen LogP contribution in [0.4, 0.5) is 0 Å². The smallest absolute Gasteiger partial charge is 0.0226 e. The van der Waals surface area contributed by atoms with Crippen molar-refractivity contribution in [1.29, 1.82) is 0 Å². The summed E-state index contributed by atoms with van der Waals surface area (Å²) in [5, 5.41) is 0. The molecular weight excluding hydrogens is 180 g/mol. The van der Waals surface area contributed by atoms with Crippen molar-refractivity contribution in [3.63, 3.8) is 0 Å². The van der Waals surface area contributed by atoms with E-state index in [4.69, 9.17) is 0 Å². The van der Waals surface area contributed by atoms with Gasteiger partial charge in [0, 0.05) is 0 Å². The lowest BCUT2D eigenvalue weighted by Crippen LogP contribution is -2.16. The van der Waals surface area contributed by atoms with Gasteiger partial charge in [0.2, 0.25) is 0 Å². The zero-order valence-electron chi connectivity index (χ0n) is 11.9. The molecule has 0 saturated heterocycles. The van der Waals surface area contributed by atoms with Crippen LogP contribution in [0.1, 0.15) is 67.7 Å². The van der Waals surface area contributed by atoms with Gasteiger partial charge in [-0.15, -0.1) is 0 Å². The van der Waals surface area contributed by atoms with E-state index < -0.39 is 0 Å². The molecule has 0 aromatic carbocycles. The van der Waals surface area contributed by atoms with Gasteiger partial charge in [0.25, 0.3) is 0 Å². The summed E-state index contributed by atoms with van der Waals surface area (Å²) in [7, 11) is 0. The maximum atomic E-state index is 2.40. The first kappa shape index (κ1) is 14.7. The van der Waals surface area contributed by atoms with Gasteiger partial charge in [-0.3, -0.25) is 0 Å². The molecule has 0 bridgehead atoms. The summed E-state index contributed by atoms with van der Waals surface area (Å²) in [6, 6.07) is 0. The van der Waals surface area contributed by atoms with Crippen LogP contribution in [0, 0.1) is 17.8 Å². The molecule has 1 rings (SSSR count). The molecule has 1 aliphatic carbocycles. The standard InChI is InChI=1S/C13H24.C2H6/c1-9(2)12-8-6-7-11(5)13(12)10(3)4;1-2/h9-11H,6-8H2,1-5H3;1-2H3. The predicted octanol–water partition coefficient (Wildman–Crippen LogP) is 5.44. The van der Waals surface area contributed by atoms with Crippen LogP contribution in [0.25, 0.3) is 0 Å². The highest BCUT2D eigenvalue weighted by atomic mass is 14.3. The maximum absolute atomic E-state index is 2.40. The third kappa shape index (κ3) is 4.01. The van der Waals surface area contributed by atoms with E-state index >= 15 is 0 Å². The van der Waals surface area contributed by atoms with Crippen LogP contribution in [0.3, 0.4) is 0 Å². The first-order valence-corrected chi connectivity index (χ1v) is 6.76. The molecule has 90 valence electrons. The Labute approximate surface area is 97.2 Å². The fourth-order valence-corrected chi connectivity index (χ4v) is 2.78. The van der Waals surface area contributed by atoms with Gasteiger partial charge in [-0.1, -0.05) is 59.6 Å². The Hall–Kier alpha value is -0.260. The molecule has 0 N–H and O–H groups in total. The lowest BCUT2D eigenvalue weighted by Gasteiger charge is -2.31. The number of allylic oxidation sites excluding steroid dienone is 2. The van der Waals surface area contributed by atoms with Crippen molar-refractivity contribution in [2.45, 2.75) is 67.7 Å². The highest BCUT2D eigenvalue weighted by molar-refractivity contribution is 5.22. The maximum Gasteiger partial charge on any atom is -0.0226 e. The number of rotatable bonds is 2. The summed E-state index contributed by atoms with van der Waals surface area (Å²) in [5.41, 5.74) is 3.52. The van der Waals surface area contributed by atoms with Gasteiger partial charge in [0.05, 0.1) is 0 Å². The monoisotopic (exact) mass is 210 g/mol. The minimum atomic E-state index is 0.757. The lowest BCUT2D eigenvalue weighted by molar-refractivity contribution is 0.457. The molecule has 0 aliphatic heterocycles. The molecule has 0 radical (unpaired) electrons. The van der Waals surface area contributed by atoms with Crippen molar-refractivity contribution in [3.05, 3.63) is 11.1 Å². The SMILES string of the molecule is CC.CC(C)C1=C(C(C)C)C(C)CCC1. The molecule has 0 aromatic heterocycles. The second-order valence-electron chi connectivity index (χ2n) is 5.08. The third-order valence-corrected chi connectivity index (χ3v) is 3.30. The van der Waals surface area contributed by atoms with Gasteiger partial charge in [-0.25, -0.2) is 0 Å². The van der Waals surface area contributed by atoms with E-state index in [-0.39, 0.29) is 0 Å². The van der Waals surface area contributed by atoms with Crippen LogP contribution in [-0.4, -0.2) is 0 Å². The molecule has 0 fully saturated rings. The molecule has 15 heavy (non-hydrogen) atoms. The van der Waals surface area contributed by atoms with E-state index in [0.717, 1.165) is 17.8 Å². The van der Waals surface area contributed by atoms with Gasteiger partial charge >= 0.3 is 0 Å². The van der Waals surface area contributed by atoms with Crippen molar-refractivity contribution >= 4 is 0 Å². The molecule has 0 amide bonds. The minimum absolute atomic E-state index is 0.757. The molecule has 0 heteroatoms. The predicted molar refractivity (Wildman–Crippen MR) is 71.1 cm³/mol. The molecule has 1 unspecified atom stereocenters. The van der Waals surface area contributed by atoms with Crippen molar-refractivity contribution in [1.82, 2.24) is 0 Å². The fraction of sp³-hybridized carbons (Fsp3) is 0.867. The Morgan fingerprint density at radius 2 is 1.53 bits per heavy atom. The van der Waals surface area contributed by atoms with Crippen molar-refractivity contribution < 1.29 is 0 Å². The average Bonchev–Trinajstić information content (AvgIpc) is 2.19. The van der Waals surface area contributed by atoms with E-state index in [0.29, 0.717) is 0 Å². The van der Waals surface area contributed by atoms with Gasteiger partial charge in [0.1, 0.15) is 0 Å². The lowest BCUT2D eigenvalue weighted by atomic mass is 9.75. The number of hydrogen-bond donors (Lipinski definition) is 0. The highest BCUT2D eigenvalue weighted by Gasteiger charge is 2.22. The molecule has 1 atom stereocenters.